The van der Waals surface area contributed by atoms with Crippen LogP contribution in [0, 0.1) is 0 Å². The summed E-state index contributed by atoms with van der Waals surface area (Å²) in [6.07, 6.45) is 1.90. The molecule has 1 saturated carbocycles. The zero-order chi connectivity index (χ0) is 15.5. The molecule has 1 amide bonds. The average molecular weight is 314 g/mol. The molecule has 0 spiro atoms. The minimum atomic E-state index is -3.83. The Morgan fingerprint density at radius 1 is 1.29 bits per heavy atom. The first-order valence-electron chi connectivity index (χ1n) is 6.47. The number of nitrogens with one attached hydrogen (secondary N) is 2. The quantitative estimate of drug-likeness (QED) is 0.753. The molecule has 1 fully saturated rings. The number of hydrogen-bond acceptors (Lipinski definition) is 5. The molecule has 1 aliphatic rings. The molecule has 2 rings (SSSR count). The van der Waals surface area contributed by atoms with Gasteiger partial charge in [0.1, 0.15) is 16.4 Å². The molecule has 1 aromatic rings. The highest BCUT2D eigenvalue weighted by Crippen LogP contribution is 2.28. The van der Waals surface area contributed by atoms with Crippen molar-refractivity contribution in [2.75, 3.05) is 20.8 Å². The Kier molecular flexibility index (Phi) is 4.69. The standard InChI is InChI=1S/C13H18N2O5S/c1-19-10-5-6-12(11(7-10)20-2)21(17,18)14-8-13(16)15-9-3-4-9/h5-7,9,14H,3-4,8H2,1-2H3,(H,15,16). The summed E-state index contributed by atoms with van der Waals surface area (Å²) in [5.41, 5.74) is 0. The SMILES string of the molecule is COc1ccc(S(=O)(=O)NCC(=O)NC2CC2)c(OC)c1. The lowest BCUT2D eigenvalue weighted by Crippen LogP contribution is -2.37. The van der Waals surface area contributed by atoms with Crippen molar-refractivity contribution in [2.45, 2.75) is 23.8 Å². The molecule has 21 heavy (non-hydrogen) atoms. The van der Waals surface area contributed by atoms with Crippen LogP contribution in [0.4, 0.5) is 0 Å². The van der Waals surface area contributed by atoms with Gasteiger partial charge in [0.15, 0.2) is 0 Å². The van der Waals surface area contributed by atoms with Gasteiger partial charge in [-0.3, -0.25) is 4.79 Å². The topological polar surface area (TPSA) is 93.7 Å². The van der Waals surface area contributed by atoms with Crippen LogP contribution < -0.4 is 19.5 Å². The van der Waals surface area contributed by atoms with Crippen molar-refractivity contribution in [3.8, 4) is 11.5 Å². The van der Waals surface area contributed by atoms with Crippen LogP contribution in [-0.4, -0.2) is 41.1 Å². The number of hydrogen-bond donors (Lipinski definition) is 2. The van der Waals surface area contributed by atoms with Crippen molar-refractivity contribution in [1.29, 1.82) is 0 Å². The predicted octanol–water partition coefficient (Wildman–Crippen LogP) is 0.261. The van der Waals surface area contributed by atoms with Crippen LogP contribution in [0.5, 0.6) is 11.5 Å². The van der Waals surface area contributed by atoms with Gasteiger partial charge in [-0.25, -0.2) is 13.1 Å². The van der Waals surface area contributed by atoms with Crippen LogP contribution in [0.15, 0.2) is 23.1 Å². The van der Waals surface area contributed by atoms with E-state index in [4.69, 9.17) is 9.47 Å². The first-order chi connectivity index (χ1) is 9.96. The fourth-order valence-electron chi connectivity index (χ4n) is 1.74. The second kappa shape index (κ2) is 6.31. The molecule has 0 heterocycles. The summed E-state index contributed by atoms with van der Waals surface area (Å²) in [4.78, 5) is 11.5. The van der Waals surface area contributed by atoms with Gasteiger partial charge in [-0.2, -0.15) is 0 Å². The van der Waals surface area contributed by atoms with Crippen molar-refractivity contribution in [1.82, 2.24) is 10.0 Å². The van der Waals surface area contributed by atoms with Crippen LogP contribution in [0.1, 0.15) is 12.8 Å². The number of methoxy groups -OCH3 is 2. The summed E-state index contributed by atoms with van der Waals surface area (Å²) in [7, 11) is -0.986. The second-order valence-electron chi connectivity index (χ2n) is 4.68. The second-order valence-corrected chi connectivity index (χ2v) is 6.42. The summed E-state index contributed by atoms with van der Waals surface area (Å²) < 4.78 is 36.7. The highest BCUT2D eigenvalue weighted by molar-refractivity contribution is 7.89. The number of amides is 1. The summed E-state index contributed by atoms with van der Waals surface area (Å²) >= 11 is 0. The smallest absolute Gasteiger partial charge is 0.244 e. The molecule has 8 heteroatoms. The highest BCUT2D eigenvalue weighted by Gasteiger charge is 2.25. The van der Waals surface area contributed by atoms with Crippen molar-refractivity contribution in [3.63, 3.8) is 0 Å². The molecular weight excluding hydrogens is 296 g/mol. The number of sulfonamides is 1. The van der Waals surface area contributed by atoms with E-state index in [1.54, 1.807) is 0 Å². The summed E-state index contributed by atoms with van der Waals surface area (Å²) in [6.45, 7) is -0.298. The number of benzene rings is 1. The van der Waals surface area contributed by atoms with Crippen molar-refractivity contribution in [3.05, 3.63) is 18.2 Å². The van der Waals surface area contributed by atoms with Crippen LogP contribution >= 0.6 is 0 Å². The molecular formula is C13H18N2O5S. The van der Waals surface area contributed by atoms with E-state index in [0.717, 1.165) is 12.8 Å². The van der Waals surface area contributed by atoms with Gasteiger partial charge in [0, 0.05) is 12.1 Å². The summed E-state index contributed by atoms with van der Waals surface area (Å²) in [5, 5.41) is 2.71. The largest absolute Gasteiger partial charge is 0.497 e. The van der Waals surface area contributed by atoms with Crippen LogP contribution in [-0.2, 0) is 14.8 Å². The maximum absolute atomic E-state index is 12.2. The molecule has 0 radical (unpaired) electrons. The van der Waals surface area contributed by atoms with E-state index >= 15 is 0 Å². The van der Waals surface area contributed by atoms with Gasteiger partial charge in [-0.05, 0) is 25.0 Å². The van der Waals surface area contributed by atoms with E-state index < -0.39 is 10.0 Å². The number of ether oxygens (including phenoxy) is 2. The van der Waals surface area contributed by atoms with E-state index in [-0.39, 0.29) is 29.1 Å². The minimum absolute atomic E-state index is 0.0370. The highest BCUT2D eigenvalue weighted by atomic mass is 32.2. The Labute approximate surface area is 123 Å². The Balaban J connectivity index is 2.08. The average Bonchev–Trinajstić information content (AvgIpc) is 3.28. The molecule has 0 unspecified atom stereocenters. The van der Waals surface area contributed by atoms with Gasteiger partial charge >= 0.3 is 0 Å². The third-order valence-corrected chi connectivity index (χ3v) is 4.47. The van der Waals surface area contributed by atoms with Gasteiger partial charge in [-0.15, -0.1) is 0 Å². The minimum Gasteiger partial charge on any atom is -0.497 e. The van der Waals surface area contributed by atoms with E-state index in [2.05, 4.69) is 10.0 Å². The monoisotopic (exact) mass is 314 g/mol. The van der Waals surface area contributed by atoms with E-state index in [0.29, 0.717) is 5.75 Å². The first-order valence-corrected chi connectivity index (χ1v) is 7.95. The first kappa shape index (κ1) is 15.6. The fraction of sp³-hybridized carbons (Fsp3) is 0.462. The number of carbonyl (C=O) groups is 1. The molecule has 0 atom stereocenters. The molecule has 116 valence electrons. The van der Waals surface area contributed by atoms with E-state index in [1.165, 1.54) is 32.4 Å². The zero-order valence-corrected chi connectivity index (χ0v) is 12.7. The van der Waals surface area contributed by atoms with Gasteiger partial charge in [0.25, 0.3) is 0 Å². The summed E-state index contributed by atoms with van der Waals surface area (Å²) in [5.74, 6) is 0.301. The van der Waals surface area contributed by atoms with Crippen LogP contribution in [0.25, 0.3) is 0 Å². The zero-order valence-electron chi connectivity index (χ0n) is 11.9. The molecule has 2 N–H and O–H groups in total. The summed E-state index contributed by atoms with van der Waals surface area (Å²) in [6, 6.07) is 4.55. The lowest BCUT2D eigenvalue weighted by Gasteiger charge is -2.12. The van der Waals surface area contributed by atoms with Gasteiger partial charge in [0.2, 0.25) is 15.9 Å². The molecule has 0 aromatic heterocycles. The van der Waals surface area contributed by atoms with Crippen LogP contribution in [0.3, 0.4) is 0 Å². The van der Waals surface area contributed by atoms with Crippen molar-refractivity contribution >= 4 is 15.9 Å². The van der Waals surface area contributed by atoms with E-state index in [9.17, 15) is 13.2 Å². The number of rotatable bonds is 7. The molecule has 1 aliphatic carbocycles. The van der Waals surface area contributed by atoms with Gasteiger partial charge in [-0.1, -0.05) is 0 Å². The molecule has 0 bridgehead atoms. The third kappa shape index (κ3) is 4.08. The van der Waals surface area contributed by atoms with Crippen molar-refractivity contribution in [2.24, 2.45) is 0 Å². The predicted molar refractivity (Wildman–Crippen MR) is 75.9 cm³/mol. The fourth-order valence-corrected chi connectivity index (χ4v) is 2.87. The maximum atomic E-state index is 12.2. The Morgan fingerprint density at radius 3 is 2.57 bits per heavy atom. The third-order valence-electron chi connectivity index (χ3n) is 3.03. The van der Waals surface area contributed by atoms with Crippen molar-refractivity contribution < 1.29 is 22.7 Å². The lowest BCUT2D eigenvalue weighted by molar-refractivity contribution is -0.120. The van der Waals surface area contributed by atoms with E-state index in [1.807, 2.05) is 0 Å². The lowest BCUT2D eigenvalue weighted by atomic mass is 10.3. The Morgan fingerprint density at radius 2 is 2.00 bits per heavy atom. The normalized spacial score (nSPS) is 14.6. The van der Waals surface area contributed by atoms with Gasteiger partial charge in [0.05, 0.1) is 20.8 Å². The maximum Gasteiger partial charge on any atom is 0.244 e. The van der Waals surface area contributed by atoms with Crippen LogP contribution in [0.2, 0.25) is 0 Å². The Bertz CT molecular complexity index is 625. The molecule has 1 aromatic carbocycles. The molecule has 0 aliphatic heterocycles. The number of carbonyl (C=O) groups excluding carboxylic acids is 1. The Hall–Kier alpha value is -1.80. The van der Waals surface area contributed by atoms with Gasteiger partial charge < -0.3 is 14.8 Å². The molecule has 0 saturated heterocycles. The molecule has 7 nitrogen and oxygen atoms in total.